The Balaban J connectivity index is 1.54. The van der Waals surface area contributed by atoms with E-state index in [2.05, 4.69) is 16.0 Å². The maximum atomic E-state index is 13.5. The highest BCUT2D eigenvalue weighted by Crippen LogP contribution is 2.30. The van der Waals surface area contributed by atoms with Gasteiger partial charge in [0.2, 0.25) is 5.91 Å². The van der Waals surface area contributed by atoms with Gasteiger partial charge in [0.15, 0.2) is 0 Å². The number of carbonyl (C=O) groups is 3. The molecular formula is C34H31Cl2N3O3S. The minimum absolute atomic E-state index is 0.0404. The highest BCUT2D eigenvalue weighted by Gasteiger charge is 2.21. The number of halogens is 2. The lowest BCUT2D eigenvalue weighted by Crippen LogP contribution is -2.30. The lowest BCUT2D eigenvalue weighted by molar-refractivity contribution is -0.116. The number of para-hydroxylation sites is 1. The molecule has 1 unspecified atom stereocenters. The number of thioether (sulfide) groups is 1. The van der Waals surface area contributed by atoms with Crippen LogP contribution in [0.25, 0.3) is 6.08 Å². The molecule has 3 N–H and O–H groups in total. The molecule has 9 heteroatoms. The Hall–Kier alpha value is -4.04. The topological polar surface area (TPSA) is 87.3 Å². The van der Waals surface area contributed by atoms with Crippen LogP contribution in [0.4, 0.5) is 11.4 Å². The van der Waals surface area contributed by atoms with E-state index >= 15 is 0 Å². The molecule has 4 aromatic rings. The van der Waals surface area contributed by atoms with Gasteiger partial charge in [-0.15, -0.1) is 11.8 Å². The van der Waals surface area contributed by atoms with Crippen molar-refractivity contribution in [3.05, 3.63) is 129 Å². The van der Waals surface area contributed by atoms with Crippen molar-refractivity contribution in [3.63, 3.8) is 0 Å². The molecule has 0 saturated carbocycles. The standard InChI is InChI=1S/C34H31Cl2N3O3S/c1-4-30(34(42)39-31-21(2)11-8-12-22(31)3)43-25-16-9-15-24(19-25)37-33(41)29(20-26-27(35)17-10-18-28(26)36)38-32(40)23-13-6-5-7-14-23/h5-20,30H,4H2,1-3H3,(H,37,41)(H,38,40)(H,39,42)/b29-20+. The van der Waals surface area contributed by atoms with Crippen molar-refractivity contribution in [1.29, 1.82) is 0 Å². The molecule has 3 amide bonds. The Kier molecular flexibility index (Phi) is 11.1. The zero-order valence-corrected chi connectivity index (χ0v) is 26.2. The summed E-state index contributed by atoms with van der Waals surface area (Å²) in [5.74, 6) is -1.12. The molecule has 0 aliphatic heterocycles. The van der Waals surface area contributed by atoms with E-state index in [0.717, 1.165) is 21.7 Å². The molecule has 0 aliphatic rings. The van der Waals surface area contributed by atoms with Gasteiger partial charge in [0.1, 0.15) is 5.70 Å². The van der Waals surface area contributed by atoms with Gasteiger partial charge >= 0.3 is 0 Å². The summed E-state index contributed by atoms with van der Waals surface area (Å²) >= 11 is 14.1. The van der Waals surface area contributed by atoms with Crippen molar-refractivity contribution in [1.82, 2.24) is 5.32 Å². The van der Waals surface area contributed by atoms with Gasteiger partial charge in [-0.3, -0.25) is 14.4 Å². The van der Waals surface area contributed by atoms with Crippen LogP contribution in [-0.4, -0.2) is 23.0 Å². The van der Waals surface area contributed by atoms with Gasteiger partial charge in [0, 0.05) is 37.4 Å². The van der Waals surface area contributed by atoms with Crippen LogP contribution in [0.15, 0.2) is 102 Å². The molecule has 0 spiro atoms. The Morgan fingerprint density at radius 3 is 2.09 bits per heavy atom. The number of nitrogens with one attached hydrogen (secondary N) is 3. The summed E-state index contributed by atoms with van der Waals surface area (Å²) in [5.41, 5.74) is 4.05. The summed E-state index contributed by atoms with van der Waals surface area (Å²) in [6.45, 7) is 5.89. The fraction of sp³-hybridized carbons (Fsp3) is 0.147. The molecular weight excluding hydrogens is 601 g/mol. The molecule has 0 radical (unpaired) electrons. The predicted octanol–water partition coefficient (Wildman–Crippen LogP) is 8.53. The second-order valence-corrected chi connectivity index (χ2v) is 11.9. The van der Waals surface area contributed by atoms with Gasteiger partial charge in [-0.1, -0.05) is 78.7 Å². The number of amides is 3. The Bertz CT molecular complexity index is 1630. The van der Waals surface area contributed by atoms with Gasteiger partial charge in [-0.2, -0.15) is 0 Å². The first-order chi connectivity index (χ1) is 20.7. The van der Waals surface area contributed by atoms with Gasteiger partial charge in [-0.05, 0) is 79.9 Å². The Morgan fingerprint density at radius 1 is 0.814 bits per heavy atom. The molecule has 0 aliphatic carbocycles. The summed E-state index contributed by atoms with van der Waals surface area (Å²) in [6, 6.07) is 26.6. The minimum atomic E-state index is -0.567. The van der Waals surface area contributed by atoms with E-state index in [1.807, 2.05) is 45.0 Å². The quantitative estimate of drug-likeness (QED) is 0.121. The Morgan fingerprint density at radius 2 is 1.44 bits per heavy atom. The van der Waals surface area contributed by atoms with Crippen LogP contribution in [0.5, 0.6) is 0 Å². The molecule has 0 heterocycles. The molecule has 220 valence electrons. The van der Waals surface area contributed by atoms with Crippen molar-refractivity contribution in [2.24, 2.45) is 0 Å². The lowest BCUT2D eigenvalue weighted by atomic mass is 10.1. The first-order valence-corrected chi connectivity index (χ1v) is 15.3. The zero-order valence-electron chi connectivity index (χ0n) is 23.9. The number of benzene rings is 4. The van der Waals surface area contributed by atoms with Crippen LogP contribution in [0.2, 0.25) is 10.0 Å². The zero-order chi connectivity index (χ0) is 30.9. The van der Waals surface area contributed by atoms with Crippen molar-refractivity contribution in [3.8, 4) is 0 Å². The number of rotatable bonds is 10. The first kappa shape index (κ1) is 31.9. The van der Waals surface area contributed by atoms with Crippen LogP contribution >= 0.6 is 35.0 Å². The van der Waals surface area contributed by atoms with Crippen LogP contribution < -0.4 is 16.0 Å². The number of carbonyl (C=O) groups excluding carboxylic acids is 3. The molecule has 43 heavy (non-hydrogen) atoms. The average Bonchev–Trinajstić information content (AvgIpc) is 2.99. The second-order valence-electron chi connectivity index (χ2n) is 9.77. The van der Waals surface area contributed by atoms with Gasteiger partial charge in [-0.25, -0.2) is 0 Å². The molecule has 1 atom stereocenters. The van der Waals surface area contributed by atoms with E-state index in [1.165, 1.54) is 17.8 Å². The fourth-order valence-electron chi connectivity index (χ4n) is 4.28. The molecule has 0 bridgehead atoms. The van der Waals surface area contributed by atoms with E-state index in [4.69, 9.17) is 23.2 Å². The minimum Gasteiger partial charge on any atom is -0.325 e. The lowest BCUT2D eigenvalue weighted by Gasteiger charge is -2.18. The third kappa shape index (κ3) is 8.51. The fourth-order valence-corrected chi connectivity index (χ4v) is 5.80. The summed E-state index contributed by atoms with van der Waals surface area (Å²) in [4.78, 5) is 40.5. The number of anilines is 2. The van der Waals surface area contributed by atoms with E-state index in [-0.39, 0.29) is 16.9 Å². The van der Waals surface area contributed by atoms with Gasteiger partial charge in [0.25, 0.3) is 11.8 Å². The van der Waals surface area contributed by atoms with Crippen LogP contribution in [0.1, 0.15) is 40.4 Å². The first-order valence-electron chi connectivity index (χ1n) is 13.6. The third-order valence-electron chi connectivity index (χ3n) is 6.58. The van der Waals surface area contributed by atoms with Crippen LogP contribution in [0, 0.1) is 13.8 Å². The van der Waals surface area contributed by atoms with Crippen LogP contribution in [-0.2, 0) is 9.59 Å². The van der Waals surface area contributed by atoms with Crippen molar-refractivity contribution < 1.29 is 14.4 Å². The Labute approximate surface area is 265 Å². The summed E-state index contributed by atoms with van der Waals surface area (Å²) in [7, 11) is 0. The molecule has 6 nitrogen and oxygen atoms in total. The molecule has 0 saturated heterocycles. The molecule has 0 fully saturated rings. The normalized spacial score (nSPS) is 11.9. The molecule has 4 rings (SSSR count). The SMILES string of the molecule is CCC(Sc1cccc(NC(=O)/C(=C\c2c(Cl)cccc2Cl)NC(=O)c2ccccc2)c1)C(=O)Nc1c(C)cccc1C. The van der Waals surface area contributed by atoms with Crippen molar-refractivity contribution >= 4 is 70.1 Å². The number of hydrogen-bond acceptors (Lipinski definition) is 4. The monoisotopic (exact) mass is 631 g/mol. The van der Waals surface area contributed by atoms with E-state index in [1.54, 1.807) is 66.7 Å². The highest BCUT2D eigenvalue weighted by atomic mass is 35.5. The summed E-state index contributed by atoms with van der Waals surface area (Å²) in [6.07, 6.45) is 2.06. The highest BCUT2D eigenvalue weighted by molar-refractivity contribution is 8.00. The van der Waals surface area contributed by atoms with Crippen LogP contribution in [0.3, 0.4) is 0 Å². The third-order valence-corrected chi connectivity index (χ3v) is 8.60. The van der Waals surface area contributed by atoms with Gasteiger partial charge in [0.05, 0.1) is 5.25 Å². The van der Waals surface area contributed by atoms with Crippen molar-refractivity contribution in [2.45, 2.75) is 37.3 Å². The number of hydrogen-bond donors (Lipinski definition) is 3. The van der Waals surface area contributed by atoms with Gasteiger partial charge < -0.3 is 16.0 Å². The second kappa shape index (κ2) is 14.9. The maximum absolute atomic E-state index is 13.5. The van der Waals surface area contributed by atoms with E-state index < -0.39 is 11.8 Å². The average molecular weight is 633 g/mol. The summed E-state index contributed by atoms with van der Waals surface area (Å²) < 4.78 is 0. The van der Waals surface area contributed by atoms with E-state index in [9.17, 15) is 14.4 Å². The maximum Gasteiger partial charge on any atom is 0.272 e. The number of aryl methyl sites for hydroxylation is 2. The molecule has 0 aromatic heterocycles. The summed E-state index contributed by atoms with van der Waals surface area (Å²) in [5, 5.41) is 8.93. The molecule has 4 aromatic carbocycles. The van der Waals surface area contributed by atoms with Crippen molar-refractivity contribution in [2.75, 3.05) is 10.6 Å². The largest absolute Gasteiger partial charge is 0.325 e. The van der Waals surface area contributed by atoms with E-state index in [0.29, 0.717) is 33.3 Å². The smallest absolute Gasteiger partial charge is 0.272 e. The predicted molar refractivity (Wildman–Crippen MR) is 178 cm³/mol.